The lowest BCUT2D eigenvalue weighted by Crippen LogP contribution is -2.45. The van der Waals surface area contributed by atoms with E-state index in [1.807, 2.05) is 0 Å². The Kier molecular flexibility index (Phi) is 3.53. The quantitative estimate of drug-likeness (QED) is 0.783. The number of nitrogens with one attached hydrogen (secondary N) is 1. The first-order valence-electron chi connectivity index (χ1n) is 5.97. The van der Waals surface area contributed by atoms with Gasteiger partial charge in [-0.3, -0.25) is 19.9 Å². The van der Waals surface area contributed by atoms with Gasteiger partial charge in [0.25, 0.3) is 0 Å². The third-order valence-corrected chi connectivity index (χ3v) is 3.50. The highest BCUT2D eigenvalue weighted by atomic mass is 16.5. The molecule has 0 radical (unpaired) electrons. The lowest BCUT2D eigenvalue weighted by atomic mass is 9.91. The highest BCUT2D eigenvalue weighted by molar-refractivity contribution is 5.83. The predicted octanol–water partition coefficient (Wildman–Crippen LogP) is 0.748. The Balaban J connectivity index is 2.33. The molecule has 1 aromatic rings. The van der Waals surface area contributed by atoms with E-state index < -0.39 is 29.4 Å². The van der Waals surface area contributed by atoms with E-state index in [1.54, 1.807) is 31.5 Å². The number of aliphatic carboxylic acids is 1. The summed E-state index contributed by atoms with van der Waals surface area (Å²) in [7, 11) is 1.29. The number of rotatable bonds is 3. The van der Waals surface area contributed by atoms with Crippen LogP contribution in [0.15, 0.2) is 24.5 Å². The Morgan fingerprint density at radius 2 is 2.32 bits per heavy atom. The number of esters is 1. The molecular formula is C13H16N2O4. The van der Waals surface area contributed by atoms with Gasteiger partial charge in [0, 0.05) is 18.4 Å². The first kappa shape index (κ1) is 13.5. The van der Waals surface area contributed by atoms with E-state index in [2.05, 4.69) is 10.3 Å². The monoisotopic (exact) mass is 264 g/mol. The van der Waals surface area contributed by atoms with Gasteiger partial charge < -0.3 is 9.84 Å². The second-order valence-corrected chi connectivity index (χ2v) is 4.88. The summed E-state index contributed by atoms with van der Waals surface area (Å²) in [5, 5.41) is 12.4. The molecule has 0 bridgehead atoms. The zero-order chi connectivity index (χ0) is 14.0. The maximum atomic E-state index is 11.8. The van der Waals surface area contributed by atoms with Crippen LogP contribution in [0, 0.1) is 5.92 Å². The minimum absolute atomic E-state index is 0.189. The number of methoxy groups -OCH3 is 1. The fourth-order valence-electron chi connectivity index (χ4n) is 2.53. The van der Waals surface area contributed by atoms with E-state index in [4.69, 9.17) is 4.74 Å². The second kappa shape index (κ2) is 4.97. The number of carboxylic acid groups (broad SMARTS) is 1. The summed E-state index contributed by atoms with van der Waals surface area (Å²) < 4.78 is 4.74. The number of aromatic nitrogens is 1. The van der Waals surface area contributed by atoms with Crippen molar-refractivity contribution >= 4 is 11.9 Å². The van der Waals surface area contributed by atoms with E-state index in [9.17, 15) is 14.7 Å². The van der Waals surface area contributed by atoms with Crippen LogP contribution in [0.5, 0.6) is 0 Å². The van der Waals surface area contributed by atoms with Crippen molar-refractivity contribution in [1.82, 2.24) is 10.3 Å². The number of hydrogen-bond acceptors (Lipinski definition) is 5. The molecule has 2 rings (SSSR count). The molecule has 1 fully saturated rings. The first-order chi connectivity index (χ1) is 8.98. The molecule has 0 spiro atoms. The number of hydrogen-bond donors (Lipinski definition) is 2. The zero-order valence-corrected chi connectivity index (χ0v) is 10.8. The van der Waals surface area contributed by atoms with Crippen molar-refractivity contribution in [3.8, 4) is 0 Å². The predicted molar refractivity (Wildman–Crippen MR) is 66.3 cm³/mol. The van der Waals surface area contributed by atoms with Crippen molar-refractivity contribution in [2.75, 3.05) is 7.11 Å². The normalized spacial score (nSPS) is 30.0. The Morgan fingerprint density at radius 1 is 1.58 bits per heavy atom. The van der Waals surface area contributed by atoms with Crippen LogP contribution in [-0.4, -0.2) is 34.7 Å². The van der Waals surface area contributed by atoms with Crippen LogP contribution >= 0.6 is 0 Å². The number of carbonyl (C=O) groups is 2. The van der Waals surface area contributed by atoms with E-state index in [0.717, 1.165) is 5.56 Å². The third kappa shape index (κ3) is 2.44. The minimum Gasteiger partial charge on any atom is -0.481 e. The van der Waals surface area contributed by atoms with E-state index >= 15 is 0 Å². The number of pyridine rings is 1. The first-order valence-corrected chi connectivity index (χ1v) is 5.97. The lowest BCUT2D eigenvalue weighted by molar-refractivity contribution is -0.147. The van der Waals surface area contributed by atoms with Crippen LogP contribution in [0.4, 0.5) is 0 Å². The Labute approximate surface area is 110 Å². The third-order valence-electron chi connectivity index (χ3n) is 3.50. The summed E-state index contributed by atoms with van der Waals surface area (Å²) in [5.74, 6) is -2.08. The molecule has 3 atom stereocenters. The van der Waals surface area contributed by atoms with Crippen molar-refractivity contribution in [3.63, 3.8) is 0 Å². The van der Waals surface area contributed by atoms with Gasteiger partial charge in [-0.15, -0.1) is 0 Å². The van der Waals surface area contributed by atoms with Gasteiger partial charge in [0.2, 0.25) is 0 Å². The molecule has 19 heavy (non-hydrogen) atoms. The van der Waals surface area contributed by atoms with Crippen LogP contribution < -0.4 is 5.32 Å². The lowest BCUT2D eigenvalue weighted by Gasteiger charge is -2.22. The average Bonchev–Trinajstić information content (AvgIpc) is 2.78. The van der Waals surface area contributed by atoms with Crippen molar-refractivity contribution in [2.24, 2.45) is 5.92 Å². The molecule has 1 aliphatic rings. The molecule has 102 valence electrons. The van der Waals surface area contributed by atoms with Crippen molar-refractivity contribution in [1.29, 1.82) is 0 Å². The molecule has 0 unspecified atom stereocenters. The zero-order valence-electron chi connectivity index (χ0n) is 10.8. The highest BCUT2D eigenvalue weighted by Gasteiger charge is 2.50. The van der Waals surface area contributed by atoms with Crippen molar-refractivity contribution < 1.29 is 19.4 Å². The molecule has 0 saturated carbocycles. The fourth-order valence-corrected chi connectivity index (χ4v) is 2.53. The van der Waals surface area contributed by atoms with Gasteiger partial charge in [0.1, 0.15) is 5.54 Å². The summed E-state index contributed by atoms with van der Waals surface area (Å²) in [6.07, 6.45) is 3.42. The minimum atomic E-state index is -0.988. The van der Waals surface area contributed by atoms with Crippen molar-refractivity contribution in [3.05, 3.63) is 30.1 Å². The molecule has 6 nitrogen and oxygen atoms in total. The highest BCUT2D eigenvalue weighted by Crippen LogP contribution is 2.38. The topological polar surface area (TPSA) is 88.5 Å². The van der Waals surface area contributed by atoms with Gasteiger partial charge in [0.15, 0.2) is 0 Å². The SMILES string of the molecule is COC(=O)[C@]1(C)C[C@@H](C(=O)O)[C@H](c2cccnc2)N1. The maximum absolute atomic E-state index is 11.8. The Morgan fingerprint density at radius 3 is 2.84 bits per heavy atom. The maximum Gasteiger partial charge on any atom is 0.325 e. The number of ether oxygens (including phenoxy) is 1. The molecule has 2 N–H and O–H groups in total. The van der Waals surface area contributed by atoms with Crippen LogP contribution in [0.3, 0.4) is 0 Å². The van der Waals surface area contributed by atoms with Gasteiger partial charge in [-0.2, -0.15) is 0 Å². The summed E-state index contributed by atoms with van der Waals surface area (Å²) in [6, 6.07) is 3.09. The standard InChI is InChI=1S/C13H16N2O4/c1-13(12(18)19-2)6-9(11(16)17)10(15-13)8-4-3-5-14-7-8/h3-5,7,9-10,15H,6H2,1-2H3,(H,16,17)/t9-,10+,13+/m1/s1. The number of nitrogens with zero attached hydrogens (tertiary/aromatic N) is 1. The largest absolute Gasteiger partial charge is 0.481 e. The van der Waals surface area contributed by atoms with Gasteiger partial charge in [0.05, 0.1) is 13.0 Å². The van der Waals surface area contributed by atoms with E-state index in [-0.39, 0.29) is 6.42 Å². The van der Waals surface area contributed by atoms with Gasteiger partial charge >= 0.3 is 11.9 Å². The molecule has 1 saturated heterocycles. The molecule has 0 aromatic carbocycles. The van der Waals surface area contributed by atoms with Gasteiger partial charge in [-0.25, -0.2) is 0 Å². The van der Waals surface area contributed by atoms with E-state index in [1.165, 1.54) is 7.11 Å². The van der Waals surface area contributed by atoms with Crippen LogP contribution in [-0.2, 0) is 14.3 Å². The summed E-state index contributed by atoms with van der Waals surface area (Å²) >= 11 is 0. The van der Waals surface area contributed by atoms with Crippen LogP contribution in [0.1, 0.15) is 24.9 Å². The molecule has 1 aromatic heterocycles. The van der Waals surface area contributed by atoms with E-state index in [0.29, 0.717) is 0 Å². The van der Waals surface area contributed by atoms with Crippen molar-refractivity contribution in [2.45, 2.75) is 24.9 Å². The van der Waals surface area contributed by atoms with Gasteiger partial charge in [-0.05, 0) is 25.0 Å². The molecule has 0 amide bonds. The fraction of sp³-hybridized carbons (Fsp3) is 0.462. The summed E-state index contributed by atoms with van der Waals surface area (Å²) in [5.41, 5.74) is -0.235. The van der Waals surface area contributed by atoms with Gasteiger partial charge in [-0.1, -0.05) is 6.07 Å². The number of carboxylic acids is 1. The van der Waals surface area contributed by atoms with Crippen LogP contribution in [0.2, 0.25) is 0 Å². The Bertz CT molecular complexity index is 491. The molecule has 6 heteroatoms. The summed E-state index contributed by atoms with van der Waals surface area (Å²) in [6.45, 7) is 1.66. The second-order valence-electron chi connectivity index (χ2n) is 4.88. The molecule has 1 aliphatic heterocycles. The average molecular weight is 264 g/mol. The smallest absolute Gasteiger partial charge is 0.325 e. The molecular weight excluding hydrogens is 248 g/mol. The summed E-state index contributed by atoms with van der Waals surface area (Å²) in [4.78, 5) is 27.1. The molecule has 0 aliphatic carbocycles. The number of carbonyl (C=O) groups excluding carboxylic acids is 1. The Hall–Kier alpha value is -1.95. The molecule has 2 heterocycles. The van der Waals surface area contributed by atoms with Crippen LogP contribution in [0.25, 0.3) is 0 Å².